The molecule has 0 unspecified atom stereocenters. The fraction of sp³-hybridized carbons (Fsp3) is 0.0706. The first-order valence-corrected chi connectivity index (χ1v) is 46.1. The van der Waals surface area contributed by atoms with E-state index in [1.165, 1.54) is 141 Å². The van der Waals surface area contributed by atoms with Crippen LogP contribution in [0.15, 0.2) is 264 Å². The highest BCUT2D eigenvalue weighted by Gasteiger charge is 2.32. The molecular weight excluding hydrogens is 1890 g/mol. The second kappa shape index (κ2) is 40.3. The lowest BCUT2D eigenvalue weighted by Crippen LogP contribution is -2.31. The molecule has 18 aromatic rings. The van der Waals surface area contributed by atoms with Gasteiger partial charge in [-0.05, 0) is 224 Å². The minimum absolute atomic E-state index is 0.00463. The maximum atomic E-state index is 13.9. The van der Waals surface area contributed by atoms with E-state index in [0.717, 1.165) is 85.5 Å². The molecule has 0 radical (unpaired) electrons. The van der Waals surface area contributed by atoms with Gasteiger partial charge in [0.2, 0.25) is 0 Å². The van der Waals surface area contributed by atoms with Crippen molar-refractivity contribution in [1.82, 2.24) is 57.7 Å². The van der Waals surface area contributed by atoms with Crippen molar-refractivity contribution >= 4 is 190 Å². The van der Waals surface area contributed by atoms with Crippen molar-refractivity contribution in [2.45, 2.75) is 35.5 Å². The molecule has 127 heavy (non-hydrogen) atoms. The van der Waals surface area contributed by atoms with Crippen molar-refractivity contribution in [2.75, 3.05) is 21.3 Å². The molecular formula is C85H65B2BrCl2F4N12O14S7. The molecule has 7 aromatic carbocycles. The number of hydrogen-bond donors (Lipinski definition) is 5. The van der Waals surface area contributed by atoms with E-state index in [1.807, 2.05) is 55.1 Å². The summed E-state index contributed by atoms with van der Waals surface area (Å²) in [5.74, 6) is -0.935. The van der Waals surface area contributed by atoms with Crippen LogP contribution in [-0.4, -0.2) is 144 Å². The monoisotopic (exact) mass is 1950 g/mol. The molecule has 0 saturated carbocycles. The number of halogens is 7. The fourth-order valence-electron chi connectivity index (χ4n) is 12.6. The van der Waals surface area contributed by atoms with Crippen LogP contribution in [0.3, 0.4) is 0 Å². The number of thiophene rings is 3. The lowest BCUT2D eigenvalue weighted by atomic mass is 9.79. The number of thiocarbonyl (C=S) groups is 1. The lowest BCUT2D eigenvalue weighted by molar-refractivity contribution is 0.412. The van der Waals surface area contributed by atoms with Crippen molar-refractivity contribution in [3.8, 4) is 79.0 Å². The van der Waals surface area contributed by atoms with Crippen molar-refractivity contribution in [2.24, 2.45) is 0 Å². The number of H-pyrrole nitrogens is 1. The van der Waals surface area contributed by atoms with Gasteiger partial charge in [-0.1, -0.05) is 88.4 Å². The van der Waals surface area contributed by atoms with Gasteiger partial charge in [-0.15, -0.1) is 17.4 Å². The van der Waals surface area contributed by atoms with Crippen LogP contribution in [0, 0.1) is 44.0 Å². The third-order valence-electron chi connectivity index (χ3n) is 18.8. The Morgan fingerprint density at radius 2 is 0.827 bits per heavy atom. The van der Waals surface area contributed by atoms with Gasteiger partial charge in [-0.25, -0.2) is 37.5 Å². The molecule has 0 saturated heterocycles. The first kappa shape index (κ1) is 92.7. The first-order chi connectivity index (χ1) is 60.9. The Bertz CT molecular complexity index is 7390. The number of methoxy groups -OCH3 is 3. The number of aryl methyl sites for hydroxylation is 3. The molecule has 0 fully saturated rings. The van der Waals surface area contributed by atoms with Crippen molar-refractivity contribution in [3.63, 3.8) is 0 Å². The molecule has 0 spiro atoms. The Labute approximate surface area is 759 Å². The van der Waals surface area contributed by atoms with Crippen molar-refractivity contribution < 1.29 is 81.9 Å². The number of nitrogens with one attached hydrogen (secondary N) is 1. The number of hydrogen-bond acceptors (Lipinski definition) is 26. The van der Waals surface area contributed by atoms with Crippen LogP contribution in [0.25, 0.3) is 100 Å². The average Bonchev–Trinajstić information content (AvgIpc) is 1.57. The van der Waals surface area contributed by atoms with E-state index >= 15 is 0 Å². The van der Waals surface area contributed by atoms with Gasteiger partial charge in [-0.2, -0.15) is 74.6 Å². The van der Waals surface area contributed by atoms with Gasteiger partial charge >= 0.3 is 14.2 Å². The van der Waals surface area contributed by atoms with E-state index in [4.69, 9.17) is 62.2 Å². The summed E-state index contributed by atoms with van der Waals surface area (Å²) in [7, 11) is -10.6. The van der Waals surface area contributed by atoms with Gasteiger partial charge in [0.1, 0.15) is 62.3 Å². The number of pyridine rings is 4. The molecule has 0 bridgehead atoms. The van der Waals surface area contributed by atoms with E-state index < -0.39 is 61.8 Å². The van der Waals surface area contributed by atoms with Crippen molar-refractivity contribution in [1.29, 1.82) is 0 Å². The molecule has 11 heterocycles. The minimum atomic E-state index is -4.05. The second-order valence-electron chi connectivity index (χ2n) is 26.9. The van der Waals surface area contributed by atoms with Gasteiger partial charge < -0.3 is 39.0 Å². The predicted molar refractivity (Wildman–Crippen MR) is 493 cm³/mol. The third kappa shape index (κ3) is 20.4. The summed E-state index contributed by atoms with van der Waals surface area (Å²) in [6.45, 7) is 5.63. The molecule has 646 valence electrons. The number of aromatic nitrogens is 12. The Balaban J connectivity index is 0.000000136. The maximum Gasteiger partial charge on any atom is 0.492 e. The summed E-state index contributed by atoms with van der Waals surface area (Å²) in [4.78, 5) is 17.3. The zero-order valence-electron chi connectivity index (χ0n) is 66.7. The van der Waals surface area contributed by atoms with Crippen LogP contribution < -0.4 is 29.9 Å². The van der Waals surface area contributed by atoms with Gasteiger partial charge in [0.05, 0.1) is 73.3 Å². The molecule has 5 N–H and O–H groups in total. The van der Waals surface area contributed by atoms with Crippen LogP contribution in [0.1, 0.15) is 16.7 Å². The van der Waals surface area contributed by atoms with Crippen LogP contribution in [0.5, 0.6) is 23.0 Å². The highest BCUT2D eigenvalue weighted by atomic mass is 79.9. The van der Waals surface area contributed by atoms with Gasteiger partial charge in [-0.3, -0.25) is 5.10 Å². The smallest absolute Gasteiger partial charge is 0.492 e. The number of fused-ring (bicyclic) bond motifs is 4. The Kier molecular flexibility index (Phi) is 29.4. The number of benzene rings is 7. The van der Waals surface area contributed by atoms with Crippen LogP contribution in [-0.2, 0) is 30.1 Å². The average molecular weight is 1950 g/mol. The molecule has 0 amide bonds. The summed E-state index contributed by atoms with van der Waals surface area (Å²) in [6, 6.07) is 47.8. The van der Waals surface area contributed by atoms with E-state index in [0.29, 0.717) is 59.5 Å². The highest BCUT2D eigenvalue weighted by molar-refractivity contribution is 9.10. The fourth-order valence-corrected chi connectivity index (χ4v) is 19.6. The summed E-state index contributed by atoms with van der Waals surface area (Å²) in [5.41, 5.74) is 12.2. The molecule has 42 heteroatoms. The largest absolute Gasteiger partial charge is 0.496 e. The zero-order valence-corrected chi connectivity index (χ0v) is 75.5. The molecule has 18 rings (SSSR count). The van der Waals surface area contributed by atoms with E-state index in [-0.39, 0.29) is 70.9 Å². The second-order valence-corrected chi connectivity index (χ2v) is 36.3. The normalized spacial score (nSPS) is 11.3. The maximum absolute atomic E-state index is 13.9. The standard InChI is InChI=1S/C24H18FN3O3S2.C20H15ClFN3O3S.C17H12FN3OS.C13H9BrClN3O2S.C7H6BFO3S.C4H5BO2S/c1-15-3-6-18(7-4-15)33(29,30)28-24-22(19(9-11-26-24)16-10-12-32-14-16)23(27-28)20-8-5-17(25)13-21(20)31-2;1-12-3-6-14(7-4-12)29(26,27)25-20-18(16(21)9-10-23-20)19(24-25)15-8-5-13(22)11-17(15)28-2;1-22-14-8-11(18)2-3-13(14)16-15-12(10-5-7-23-9-10)4-6-19-17(15)21-20-16;1-8-2-4-9(5-3-8)21(19,20)18-13-11(12(14)17-18)10(15)6-7-16-13;9-5-1-2-6(8(10)11)7(3-5)12-4-13;6-5(7)4-1-2-8-3-4/h3-14H,1-2H3;3-11H,1-2H3;2-9H,1H3,(H,19,20,21);2-7H,1H3;1-4,10-11H;1-3,6-7H. The zero-order chi connectivity index (χ0) is 90.8. The minimum Gasteiger partial charge on any atom is -0.496 e. The Hall–Kier alpha value is -12.0. The Morgan fingerprint density at radius 3 is 1.25 bits per heavy atom. The molecule has 26 nitrogen and oxygen atoms in total. The molecule has 0 aliphatic heterocycles. The highest BCUT2D eigenvalue weighted by Crippen LogP contribution is 2.44. The summed E-state index contributed by atoms with van der Waals surface area (Å²) in [6.07, 6.45) is 6.14. The van der Waals surface area contributed by atoms with Crippen LogP contribution >= 0.6 is 85.4 Å². The number of nitrogens with zero attached hydrogens (tertiary/aromatic N) is 11. The lowest BCUT2D eigenvalue weighted by Gasteiger charge is -2.08. The number of aromatic amines is 1. The van der Waals surface area contributed by atoms with Crippen LogP contribution in [0.4, 0.5) is 17.6 Å². The topological polar surface area (TPSA) is 354 Å². The van der Waals surface area contributed by atoms with E-state index in [2.05, 4.69) is 85.0 Å². The summed E-state index contributed by atoms with van der Waals surface area (Å²) >= 11 is 24.7. The van der Waals surface area contributed by atoms with Gasteiger partial charge in [0, 0.05) is 71.2 Å². The first-order valence-electron chi connectivity index (χ1n) is 37.0. The summed E-state index contributed by atoms with van der Waals surface area (Å²) in [5, 5.41) is 69.1. The van der Waals surface area contributed by atoms with E-state index in [9.17, 15) is 42.8 Å². The third-order valence-corrected chi connectivity index (χ3v) is 26.9. The van der Waals surface area contributed by atoms with Gasteiger partial charge in [0.25, 0.3) is 30.1 Å². The molecule has 0 aliphatic rings. The van der Waals surface area contributed by atoms with Crippen LogP contribution in [0.2, 0.25) is 10.0 Å². The molecule has 0 atom stereocenters. The van der Waals surface area contributed by atoms with Gasteiger partial charge in [0.15, 0.2) is 28.1 Å². The predicted octanol–water partition coefficient (Wildman–Crippen LogP) is 17.1. The SMILES string of the molecule is COc1cc(F)ccc1-c1[nH]nc2nccc(-c3ccsc3)c12.COc1cc(F)ccc1-c1nn(S(=O)(=O)c2ccc(C)cc2)c2nccc(-c3ccsc3)c12.COc1cc(F)ccc1-c1nn(S(=O)(=O)c2ccc(C)cc2)c2nccc(Cl)c12.Cc1ccc(S(=O)(=O)n2nc(Br)c3c(Cl)ccnc32)cc1.OB(O)c1ccc(F)cc1OC=S.OB(O)c1ccsc1. The number of rotatable bonds is 18. The molecule has 0 aliphatic carbocycles. The summed E-state index contributed by atoms with van der Waals surface area (Å²) < 4.78 is 156. The van der Waals surface area contributed by atoms with E-state index in [1.54, 1.807) is 101 Å². The number of ether oxygens (including phenoxy) is 4. The molecule has 11 aromatic heterocycles. The Morgan fingerprint density at radius 1 is 0.441 bits per heavy atom. The van der Waals surface area contributed by atoms with Crippen molar-refractivity contribution in [3.05, 3.63) is 300 Å². The quantitative estimate of drug-likeness (QED) is 0.0303.